The summed E-state index contributed by atoms with van der Waals surface area (Å²) < 4.78 is 0. The topological polar surface area (TPSA) is 68.0 Å². The van der Waals surface area contributed by atoms with Crippen LogP contribution in [0.1, 0.15) is 6.42 Å². The highest BCUT2D eigenvalue weighted by molar-refractivity contribution is 6.29. The molecular formula is C10H10ClN3O. The van der Waals surface area contributed by atoms with Gasteiger partial charge in [0.15, 0.2) is 0 Å². The molecular weight excluding hydrogens is 214 g/mol. The van der Waals surface area contributed by atoms with Crippen LogP contribution in [0.4, 0.5) is 5.69 Å². The third-order valence-corrected chi connectivity index (χ3v) is 1.89. The van der Waals surface area contributed by atoms with E-state index in [0.717, 1.165) is 0 Å². The van der Waals surface area contributed by atoms with E-state index in [0.29, 0.717) is 10.8 Å². The first-order chi connectivity index (χ1) is 7.13. The van der Waals surface area contributed by atoms with Gasteiger partial charge in [0.25, 0.3) is 0 Å². The molecule has 4 nitrogen and oxygen atoms in total. The van der Waals surface area contributed by atoms with Crippen molar-refractivity contribution < 1.29 is 4.79 Å². The summed E-state index contributed by atoms with van der Waals surface area (Å²) in [6.45, 7) is 0. The molecule has 0 spiro atoms. The van der Waals surface area contributed by atoms with Gasteiger partial charge >= 0.3 is 0 Å². The number of rotatable bonds is 3. The number of carbonyl (C=O) groups is 1. The maximum absolute atomic E-state index is 11.4. The van der Waals surface area contributed by atoms with Crippen molar-refractivity contribution in [2.24, 2.45) is 5.73 Å². The largest absolute Gasteiger partial charge is 0.323 e. The number of carbonyl (C=O) groups excluding carboxylic acids is 1. The number of anilines is 1. The lowest BCUT2D eigenvalue weighted by atomic mass is 10.2. The van der Waals surface area contributed by atoms with Gasteiger partial charge in [-0.25, -0.2) is 4.98 Å². The van der Waals surface area contributed by atoms with Crippen LogP contribution in [0.2, 0.25) is 5.15 Å². The zero-order valence-corrected chi connectivity index (χ0v) is 8.66. The fraction of sp³-hybridized carbons (Fsp3) is 0.200. The summed E-state index contributed by atoms with van der Waals surface area (Å²) >= 11 is 5.59. The Labute approximate surface area is 92.8 Å². The van der Waals surface area contributed by atoms with Gasteiger partial charge in [0, 0.05) is 6.42 Å². The van der Waals surface area contributed by atoms with Gasteiger partial charge in [-0.15, -0.1) is 12.3 Å². The zero-order valence-electron chi connectivity index (χ0n) is 7.90. The molecule has 1 aromatic rings. The van der Waals surface area contributed by atoms with E-state index in [-0.39, 0.29) is 12.3 Å². The van der Waals surface area contributed by atoms with Crippen LogP contribution in [0.5, 0.6) is 0 Å². The molecule has 3 N–H and O–H groups in total. The van der Waals surface area contributed by atoms with Crippen molar-refractivity contribution in [1.29, 1.82) is 0 Å². The Morgan fingerprint density at radius 2 is 2.47 bits per heavy atom. The zero-order chi connectivity index (χ0) is 11.3. The second-order valence-corrected chi connectivity index (χ2v) is 3.26. The number of pyridine rings is 1. The highest BCUT2D eigenvalue weighted by atomic mass is 35.5. The summed E-state index contributed by atoms with van der Waals surface area (Å²) in [5.74, 6) is 1.98. The minimum atomic E-state index is -0.703. The Hall–Kier alpha value is -1.57. The SMILES string of the molecule is C#CCC(N)C(=O)Nc1ccc(Cl)nc1. The predicted molar refractivity (Wildman–Crippen MR) is 59.3 cm³/mol. The molecule has 1 rings (SSSR count). The van der Waals surface area contributed by atoms with E-state index in [1.54, 1.807) is 12.1 Å². The van der Waals surface area contributed by atoms with Crippen LogP contribution >= 0.6 is 11.6 Å². The second-order valence-electron chi connectivity index (χ2n) is 2.87. The van der Waals surface area contributed by atoms with E-state index < -0.39 is 6.04 Å². The molecule has 0 fully saturated rings. The number of nitrogens with zero attached hydrogens (tertiary/aromatic N) is 1. The normalized spacial score (nSPS) is 11.5. The lowest BCUT2D eigenvalue weighted by Crippen LogP contribution is -2.35. The van der Waals surface area contributed by atoms with Gasteiger partial charge in [-0.1, -0.05) is 11.6 Å². The maximum atomic E-state index is 11.4. The van der Waals surface area contributed by atoms with Crippen molar-refractivity contribution >= 4 is 23.2 Å². The van der Waals surface area contributed by atoms with Gasteiger partial charge < -0.3 is 11.1 Å². The Bertz CT molecular complexity index is 383. The third-order valence-electron chi connectivity index (χ3n) is 1.67. The van der Waals surface area contributed by atoms with Gasteiger partial charge in [0.05, 0.1) is 17.9 Å². The summed E-state index contributed by atoms with van der Waals surface area (Å²) in [5, 5.41) is 2.94. The molecule has 0 aromatic carbocycles. The van der Waals surface area contributed by atoms with Crippen LogP contribution in [0.15, 0.2) is 18.3 Å². The van der Waals surface area contributed by atoms with Crippen molar-refractivity contribution in [1.82, 2.24) is 4.98 Å². The molecule has 1 heterocycles. The minimum Gasteiger partial charge on any atom is -0.323 e. The Morgan fingerprint density at radius 1 is 1.73 bits per heavy atom. The quantitative estimate of drug-likeness (QED) is 0.594. The summed E-state index contributed by atoms with van der Waals surface area (Å²) in [6, 6.07) is 2.50. The van der Waals surface area contributed by atoms with Crippen molar-refractivity contribution in [2.75, 3.05) is 5.32 Å². The summed E-state index contributed by atoms with van der Waals surface area (Å²) in [5.41, 5.74) is 6.04. The fourth-order valence-corrected chi connectivity index (χ4v) is 1.02. The minimum absolute atomic E-state index is 0.201. The fourth-order valence-electron chi connectivity index (χ4n) is 0.904. The van der Waals surface area contributed by atoms with Crippen LogP contribution in [0.25, 0.3) is 0 Å². The molecule has 1 unspecified atom stereocenters. The molecule has 0 aliphatic carbocycles. The van der Waals surface area contributed by atoms with Crippen molar-refractivity contribution in [3.05, 3.63) is 23.5 Å². The molecule has 5 heteroatoms. The van der Waals surface area contributed by atoms with Crippen LogP contribution in [-0.2, 0) is 4.79 Å². The van der Waals surface area contributed by atoms with Crippen molar-refractivity contribution in [2.45, 2.75) is 12.5 Å². The summed E-state index contributed by atoms with van der Waals surface area (Å²) in [6.07, 6.45) is 6.69. The molecule has 0 bridgehead atoms. The van der Waals surface area contributed by atoms with Crippen LogP contribution < -0.4 is 11.1 Å². The van der Waals surface area contributed by atoms with Gasteiger partial charge in [0.1, 0.15) is 5.15 Å². The molecule has 78 valence electrons. The lowest BCUT2D eigenvalue weighted by molar-refractivity contribution is -0.117. The highest BCUT2D eigenvalue weighted by Gasteiger charge is 2.11. The predicted octanol–water partition coefficient (Wildman–Crippen LogP) is 1.02. The van der Waals surface area contributed by atoms with Crippen LogP contribution in [-0.4, -0.2) is 16.9 Å². The Balaban J connectivity index is 2.59. The number of nitrogens with two attached hydrogens (primary N) is 1. The number of terminal acetylenes is 1. The first-order valence-corrected chi connectivity index (χ1v) is 4.62. The third kappa shape index (κ3) is 3.58. The lowest BCUT2D eigenvalue weighted by Gasteiger charge is -2.08. The first-order valence-electron chi connectivity index (χ1n) is 4.25. The molecule has 1 atom stereocenters. The monoisotopic (exact) mass is 223 g/mol. The molecule has 1 aromatic heterocycles. The number of halogens is 1. The van der Waals surface area contributed by atoms with Crippen LogP contribution in [0, 0.1) is 12.3 Å². The molecule has 0 saturated carbocycles. The molecule has 1 amide bonds. The van der Waals surface area contributed by atoms with Crippen molar-refractivity contribution in [3.8, 4) is 12.3 Å². The molecule has 0 saturated heterocycles. The van der Waals surface area contributed by atoms with Gasteiger partial charge in [-0.3, -0.25) is 4.79 Å². The number of hydrogen-bond acceptors (Lipinski definition) is 3. The Morgan fingerprint density at radius 3 is 3.00 bits per heavy atom. The van der Waals surface area contributed by atoms with E-state index >= 15 is 0 Å². The van der Waals surface area contributed by atoms with Crippen LogP contribution in [0.3, 0.4) is 0 Å². The molecule has 0 radical (unpaired) electrons. The molecule has 0 aliphatic heterocycles. The second kappa shape index (κ2) is 5.35. The van der Waals surface area contributed by atoms with Crippen molar-refractivity contribution in [3.63, 3.8) is 0 Å². The average Bonchev–Trinajstić information content (AvgIpc) is 2.22. The Kier molecular flexibility index (Phi) is 4.10. The number of nitrogens with one attached hydrogen (secondary N) is 1. The average molecular weight is 224 g/mol. The maximum Gasteiger partial charge on any atom is 0.242 e. The molecule has 0 aliphatic rings. The number of hydrogen-bond donors (Lipinski definition) is 2. The van der Waals surface area contributed by atoms with E-state index in [2.05, 4.69) is 16.2 Å². The smallest absolute Gasteiger partial charge is 0.242 e. The standard InChI is InChI=1S/C10H10ClN3O/c1-2-3-8(12)10(15)14-7-4-5-9(11)13-6-7/h1,4-6,8H,3,12H2,(H,14,15). The van der Waals surface area contributed by atoms with E-state index in [1.165, 1.54) is 6.20 Å². The number of amides is 1. The van der Waals surface area contributed by atoms with E-state index in [4.69, 9.17) is 23.8 Å². The van der Waals surface area contributed by atoms with Gasteiger partial charge in [-0.05, 0) is 12.1 Å². The molecule has 15 heavy (non-hydrogen) atoms. The van der Waals surface area contributed by atoms with Gasteiger partial charge in [0.2, 0.25) is 5.91 Å². The van der Waals surface area contributed by atoms with Gasteiger partial charge in [-0.2, -0.15) is 0 Å². The number of aromatic nitrogens is 1. The summed E-state index contributed by atoms with van der Waals surface area (Å²) in [4.78, 5) is 15.2. The highest BCUT2D eigenvalue weighted by Crippen LogP contribution is 2.09. The van der Waals surface area contributed by atoms with E-state index in [9.17, 15) is 4.79 Å². The first kappa shape index (κ1) is 11.5. The summed E-state index contributed by atoms with van der Waals surface area (Å²) in [7, 11) is 0. The van der Waals surface area contributed by atoms with E-state index in [1.807, 2.05) is 0 Å².